The Labute approximate surface area is 278 Å². The van der Waals surface area contributed by atoms with E-state index in [0.29, 0.717) is 52.7 Å². The minimum atomic E-state index is -0.177. The molecule has 4 rings (SSSR count). The van der Waals surface area contributed by atoms with Crippen LogP contribution in [0.25, 0.3) is 33.7 Å². The molecule has 11 heteroatoms. The molecular weight excluding hydrogens is 614 g/mol. The lowest BCUT2D eigenvalue weighted by Gasteiger charge is -2.12. The molecule has 4 aromatic rings. The van der Waals surface area contributed by atoms with Gasteiger partial charge in [0, 0.05) is 59.0 Å². The molecule has 0 fully saturated rings. The summed E-state index contributed by atoms with van der Waals surface area (Å²) in [6, 6.07) is 9.26. The highest BCUT2D eigenvalue weighted by molar-refractivity contribution is 6.02. The number of unbranched alkanes of at least 4 members (excludes halogenated alkanes) is 1. The van der Waals surface area contributed by atoms with Crippen molar-refractivity contribution in [3.05, 3.63) is 70.8 Å². The molecule has 0 aliphatic carbocycles. The first kappa shape index (κ1) is 35.4. The van der Waals surface area contributed by atoms with E-state index in [-0.39, 0.29) is 69.9 Å². The van der Waals surface area contributed by atoms with Gasteiger partial charge in [0.2, 0.25) is 11.8 Å². The van der Waals surface area contributed by atoms with Crippen molar-refractivity contribution in [3.63, 3.8) is 0 Å². The highest BCUT2D eigenvalue weighted by Crippen LogP contribution is 2.44. The lowest BCUT2D eigenvalue weighted by Crippen LogP contribution is -2.27. The molecule has 0 radical (unpaired) electrons. The maximum Gasteiger partial charge on any atom is 0.223 e. The van der Waals surface area contributed by atoms with Crippen LogP contribution in [-0.4, -0.2) is 68.6 Å². The average Bonchev–Trinajstić information content (AvgIpc) is 3.06. The van der Waals surface area contributed by atoms with Gasteiger partial charge >= 0.3 is 0 Å². The van der Waals surface area contributed by atoms with Crippen LogP contribution in [0.2, 0.25) is 0 Å². The van der Waals surface area contributed by atoms with E-state index >= 15 is 0 Å². The van der Waals surface area contributed by atoms with Crippen LogP contribution >= 0.6 is 0 Å². The largest absolute Gasteiger partial charge is 0.507 e. The van der Waals surface area contributed by atoms with Crippen LogP contribution in [-0.2, 0) is 9.59 Å². The molecule has 11 nitrogen and oxygen atoms in total. The smallest absolute Gasteiger partial charge is 0.223 e. The summed E-state index contributed by atoms with van der Waals surface area (Å²) in [5, 5.41) is 72.7. The lowest BCUT2D eigenvalue weighted by atomic mass is 9.97. The van der Waals surface area contributed by atoms with E-state index < -0.39 is 0 Å². The summed E-state index contributed by atoms with van der Waals surface area (Å²) in [4.78, 5) is 24.5. The second-order valence-electron chi connectivity index (χ2n) is 11.6. The van der Waals surface area contributed by atoms with Crippen LogP contribution < -0.4 is 16.0 Å². The molecule has 48 heavy (non-hydrogen) atoms. The van der Waals surface area contributed by atoms with Crippen LogP contribution in [0.5, 0.6) is 34.5 Å². The average molecular weight is 658 g/mol. The number of hydrogen-bond acceptors (Lipinski definition) is 9. The predicted molar refractivity (Wildman–Crippen MR) is 187 cm³/mol. The van der Waals surface area contributed by atoms with Crippen LogP contribution in [0.3, 0.4) is 0 Å². The number of carbonyl (C=O) groups is 2. The van der Waals surface area contributed by atoms with Gasteiger partial charge in [0.1, 0.15) is 34.5 Å². The fourth-order valence-electron chi connectivity index (χ4n) is 5.55. The van der Waals surface area contributed by atoms with Gasteiger partial charge < -0.3 is 46.6 Å². The highest BCUT2D eigenvalue weighted by Gasteiger charge is 2.18. The second kappa shape index (κ2) is 16.4. The third-order valence-corrected chi connectivity index (χ3v) is 8.23. The summed E-state index contributed by atoms with van der Waals surface area (Å²) in [6.07, 6.45) is 8.90. The molecule has 0 aromatic heterocycles. The molecule has 0 atom stereocenters. The van der Waals surface area contributed by atoms with E-state index in [0.717, 1.165) is 25.8 Å². The van der Waals surface area contributed by atoms with Crippen molar-refractivity contribution in [1.82, 2.24) is 16.0 Å². The van der Waals surface area contributed by atoms with Crippen molar-refractivity contribution >= 4 is 45.5 Å². The van der Waals surface area contributed by atoms with Crippen molar-refractivity contribution in [3.8, 4) is 34.5 Å². The molecule has 0 heterocycles. The molecule has 0 unspecified atom stereocenters. The van der Waals surface area contributed by atoms with Crippen LogP contribution in [0, 0.1) is 13.8 Å². The first-order valence-electron chi connectivity index (χ1n) is 15.9. The van der Waals surface area contributed by atoms with E-state index in [4.69, 9.17) is 0 Å². The van der Waals surface area contributed by atoms with E-state index in [2.05, 4.69) is 16.0 Å². The molecule has 0 aliphatic heterocycles. The third kappa shape index (κ3) is 8.29. The second-order valence-corrected chi connectivity index (χ2v) is 11.6. The SMILES string of the molecule is Cc1c(/C=C/CC(=O)NCCCCNCCCNC(=O)C/C=C/c2c(C)c(O)c3cccc(O)c3c2O)c(O)c2c(O)cccc2c1O. The molecule has 0 spiro atoms. The maximum atomic E-state index is 12.2. The van der Waals surface area contributed by atoms with Gasteiger partial charge in [0.15, 0.2) is 0 Å². The van der Waals surface area contributed by atoms with Crippen LogP contribution in [0.1, 0.15) is 54.4 Å². The number of phenols is 6. The topological polar surface area (TPSA) is 192 Å². The Morgan fingerprint density at radius 3 is 1.48 bits per heavy atom. The number of fused-ring (bicyclic) bond motifs is 2. The van der Waals surface area contributed by atoms with E-state index in [1.165, 1.54) is 12.1 Å². The first-order chi connectivity index (χ1) is 23.0. The number of amides is 2. The van der Waals surface area contributed by atoms with Gasteiger partial charge in [-0.25, -0.2) is 0 Å². The molecule has 4 aromatic carbocycles. The molecule has 0 saturated heterocycles. The van der Waals surface area contributed by atoms with Gasteiger partial charge in [-0.2, -0.15) is 0 Å². The number of aromatic hydroxyl groups is 6. The number of carbonyl (C=O) groups excluding carboxylic acids is 2. The van der Waals surface area contributed by atoms with Gasteiger partial charge in [-0.05, 0) is 58.3 Å². The first-order valence-corrected chi connectivity index (χ1v) is 15.9. The standard InChI is InChI=1S/C37H43N3O8/c1-22-24(36(47)32-26(34(22)45)12-5-14-28(32)41)10-7-16-30(43)39-20-4-3-18-38-19-9-21-40-31(44)17-8-11-25-23(2)35(46)27-13-6-15-29(42)33(27)37(25)48/h5-8,10-15,38,41-42,45-48H,3-4,9,16-21H2,1-2H3,(H,39,43)(H,40,44)/b10-7+,11-8+. The Balaban J connectivity index is 1.07. The van der Waals surface area contributed by atoms with Crippen LogP contribution in [0.15, 0.2) is 48.6 Å². The zero-order chi connectivity index (χ0) is 34.8. The fourth-order valence-corrected chi connectivity index (χ4v) is 5.55. The molecule has 0 aliphatic rings. The molecular formula is C37H43N3O8. The van der Waals surface area contributed by atoms with Crippen molar-refractivity contribution in [2.75, 3.05) is 26.2 Å². The Morgan fingerprint density at radius 2 is 1.00 bits per heavy atom. The summed E-state index contributed by atoms with van der Waals surface area (Å²) < 4.78 is 0. The van der Waals surface area contributed by atoms with E-state index in [1.807, 2.05) is 0 Å². The van der Waals surface area contributed by atoms with Gasteiger partial charge in [-0.15, -0.1) is 0 Å². The van der Waals surface area contributed by atoms with Gasteiger partial charge in [-0.1, -0.05) is 48.6 Å². The molecule has 254 valence electrons. The van der Waals surface area contributed by atoms with Crippen molar-refractivity contribution < 1.29 is 40.2 Å². The Kier molecular flexibility index (Phi) is 12.1. The molecule has 0 saturated carbocycles. The maximum absolute atomic E-state index is 12.2. The number of hydrogen-bond donors (Lipinski definition) is 9. The summed E-state index contributed by atoms with van der Waals surface area (Å²) in [6.45, 7) is 5.81. The van der Waals surface area contributed by atoms with E-state index in [9.17, 15) is 40.2 Å². The van der Waals surface area contributed by atoms with Crippen molar-refractivity contribution in [2.24, 2.45) is 0 Å². The zero-order valence-corrected chi connectivity index (χ0v) is 27.1. The minimum Gasteiger partial charge on any atom is -0.507 e. The molecule has 0 bridgehead atoms. The Morgan fingerprint density at radius 1 is 0.583 bits per heavy atom. The predicted octanol–water partition coefficient (Wildman–Crippen LogP) is 5.34. The summed E-state index contributed by atoms with van der Waals surface area (Å²) in [5.74, 6) is -1.02. The molecule has 9 N–H and O–H groups in total. The van der Waals surface area contributed by atoms with Gasteiger partial charge in [-0.3, -0.25) is 9.59 Å². The quantitative estimate of drug-likeness (QED) is 0.0600. The van der Waals surface area contributed by atoms with Crippen molar-refractivity contribution in [1.29, 1.82) is 0 Å². The van der Waals surface area contributed by atoms with Gasteiger partial charge in [0.25, 0.3) is 0 Å². The zero-order valence-electron chi connectivity index (χ0n) is 27.1. The summed E-state index contributed by atoms with van der Waals surface area (Å²) in [7, 11) is 0. The normalized spacial score (nSPS) is 11.6. The minimum absolute atomic E-state index is 0.0356. The lowest BCUT2D eigenvalue weighted by molar-refractivity contribution is -0.121. The molecule has 2 amide bonds. The fraction of sp³-hybridized carbons (Fsp3) is 0.297. The summed E-state index contributed by atoms with van der Waals surface area (Å²) in [5.41, 5.74) is 1.58. The Bertz CT molecular complexity index is 1730. The third-order valence-electron chi connectivity index (χ3n) is 8.23. The number of nitrogens with one attached hydrogen (secondary N) is 3. The van der Waals surface area contributed by atoms with Crippen LogP contribution in [0.4, 0.5) is 0 Å². The summed E-state index contributed by atoms with van der Waals surface area (Å²) >= 11 is 0. The van der Waals surface area contributed by atoms with Gasteiger partial charge in [0.05, 0.1) is 10.8 Å². The number of rotatable bonds is 15. The van der Waals surface area contributed by atoms with Crippen molar-refractivity contribution in [2.45, 2.75) is 46.0 Å². The Hall–Kier alpha value is -5.42. The number of phenolic OH excluding ortho intramolecular Hbond substituents is 6. The highest BCUT2D eigenvalue weighted by atomic mass is 16.3. The monoisotopic (exact) mass is 657 g/mol. The number of benzene rings is 4. The van der Waals surface area contributed by atoms with E-state index in [1.54, 1.807) is 62.4 Å².